The third-order valence-electron chi connectivity index (χ3n) is 0.864. The van der Waals surface area contributed by atoms with Crippen LogP contribution in [0.1, 0.15) is 10.4 Å². The van der Waals surface area contributed by atoms with Crippen molar-refractivity contribution >= 4 is 17.3 Å². The van der Waals surface area contributed by atoms with Crippen LogP contribution in [0, 0.1) is 0 Å². The SMILES string of the molecule is O=C([O-])c1ccc[s+]c1. The minimum Gasteiger partial charge on any atom is -0.545 e. The molecule has 1 aromatic heterocycles. The smallest absolute Gasteiger partial charge is 0.212 e. The van der Waals surface area contributed by atoms with Crippen molar-refractivity contribution in [3.8, 4) is 0 Å². The Labute approximate surface area is 56.4 Å². The van der Waals surface area contributed by atoms with Gasteiger partial charge in [0.15, 0.2) is 5.38 Å². The number of rotatable bonds is 1. The Bertz CT molecular complexity index is 208. The molecule has 0 saturated heterocycles. The highest BCUT2D eigenvalue weighted by Crippen LogP contribution is 2.00. The third-order valence-corrected chi connectivity index (χ3v) is 1.57. The Morgan fingerprint density at radius 1 is 1.67 bits per heavy atom. The molecule has 0 atom stereocenters. The molecular formula is C6H4O2S. The molecule has 9 heavy (non-hydrogen) atoms. The van der Waals surface area contributed by atoms with Crippen molar-refractivity contribution in [2.75, 3.05) is 0 Å². The lowest BCUT2D eigenvalue weighted by molar-refractivity contribution is -0.255. The molecule has 1 heterocycles. The Morgan fingerprint density at radius 3 is 2.78 bits per heavy atom. The van der Waals surface area contributed by atoms with Crippen LogP contribution < -0.4 is 5.11 Å². The summed E-state index contributed by atoms with van der Waals surface area (Å²) in [6, 6.07) is 3.18. The van der Waals surface area contributed by atoms with Gasteiger partial charge in [-0.1, -0.05) is 0 Å². The minimum absolute atomic E-state index is 0.238. The first kappa shape index (κ1) is 6.16. The Morgan fingerprint density at radius 2 is 2.44 bits per heavy atom. The Hall–Kier alpha value is -0.960. The van der Waals surface area contributed by atoms with Crippen LogP contribution in [0.2, 0.25) is 0 Å². The molecule has 0 amide bonds. The second kappa shape index (κ2) is 2.55. The number of carbonyl (C=O) groups is 1. The summed E-state index contributed by atoms with van der Waals surface area (Å²) < 4.78 is 0. The van der Waals surface area contributed by atoms with E-state index in [4.69, 9.17) is 0 Å². The predicted molar refractivity (Wildman–Crippen MR) is 33.1 cm³/mol. The van der Waals surface area contributed by atoms with Crippen molar-refractivity contribution in [3.05, 3.63) is 28.5 Å². The number of carbonyl (C=O) groups excluding carboxylic acids is 1. The lowest BCUT2D eigenvalue weighted by atomic mass is 10.3. The van der Waals surface area contributed by atoms with Crippen LogP contribution in [0.4, 0.5) is 0 Å². The standard InChI is InChI=1S/C6H4O2S/c7-6(8)5-2-1-3-9-4-5/h1-4H. The van der Waals surface area contributed by atoms with E-state index in [-0.39, 0.29) is 5.56 Å². The van der Waals surface area contributed by atoms with Gasteiger partial charge in [0.05, 0.1) is 11.5 Å². The summed E-state index contributed by atoms with van der Waals surface area (Å²) in [7, 11) is 0. The topological polar surface area (TPSA) is 40.1 Å². The Kier molecular flexibility index (Phi) is 1.75. The summed E-state index contributed by atoms with van der Waals surface area (Å²) in [5.41, 5.74) is 0.238. The fraction of sp³-hybridized carbons (Fsp3) is 0. The number of hydrogen-bond donors (Lipinski definition) is 0. The average Bonchev–Trinajstić information content (AvgIpc) is 1.90. The highest BCUT2D eigenvalue weighted by Gasteiger charge is 1.95. The minimum atomic E-state index is -1.12. The van der Waals surface area contributed by atoms with Crippen molar-refractivity contribution in [1.82, 2.24) is 0 Å². The molecule has 0 fully saturated rings. The summed E-state index contributed by atoms with van der Waals surface area (Å²) in [4.78, 5) is 10.1. The zero-order valence-corrected chi connectivity index (χ0v) is 5.35. The first-order valence-corrected chi connectivity index (χ1v) is 3.32. The normalized spacial score (nSPS) is 8.89. The van der Waals surface area contributed by atoms with E-state index in [0.717, 1.165) is 0 Å². The van der Waals surface area contributed by atoms with E-state index in [1.807, 2.05) is 0 Å². The largest absolute Gasteiger partial charge is 0.545 e. The van der Waals surface area contributed by atoms with Gasteiger partial charge in [-0.2, -0.15) is 0 Å². The molecule has 0 N–H and O–H groups in total. The molecule has 1 aromatic rings. The molecule has 1 rings (SSSR count). The maximum absolute atomic E-state index is 10.1. The van der Waals surface area contributed by atoms with Crippen LogP contribution in [-0.2, 0) is 0 Å². The van der Waals surface area contributed by atoms with Gasteiger partial charge in [-0.25, -0.2) is 0 Å². The fourth-order valence-corrected chi connectivity index (χ4v) is 1.03. The molecule has 0 aromatic carbocycles. The van der Waals surface area contributed by atoms with E-state index in [9.17, 15) is 9.90 Å². The summed E-state index contributed by atoms with van der Waals surface area (Å²) >= 11 is 1.34. The van der Waals surface area contributed by atoms with E-state index in [1.54, 1.807) is 11.4 Å². The quantitative estimate of drug-likeness (QED) is 0.529. The highest BCUT2D eigenvalue weighted by molar-refractivity contribution is 7.07. The number of carboxylic acids is 1. The summed E-state index contributed by atoms with van der Waals surface area (Å²) in [5, 5.41) is 13.4. The molecule has 0 aliphatic rings. The monoisotopic (exact) mass is 140 g/mol. The van der Waals surface area contributed by atoms with Crippen LogP contribution in [0.25, 0.3) is 0 Å². The van der Waals surface area contributed by atoms with Gasteiger partial charge < -0.3 is 9.90 Å². The lowest BCUT2D eigenvalue weighted by Crippen LogP contribution is -2.21. The van der Waals surface area contributed by atoms with Crippen molar-refractivity contribution in [3.63, 3.8) is 0 Å². The van der Waals surface area contributed by atoms with Crippen LogP contribution in [0.15, 0.2) is 22.9 Å². The summed E-state index contributed by atoms with van der Waals surface area (Å²) in [6.07, 6.45) is 0. The second-order valence-electron chi connectivity index (χ2n) is 1.49. The molecule has 46 valence electrons. The average molecular weight is 140 g/mol. The Balaban J connectivity index is 2.98. The van der Waals surface area contributed by atoms with E-state index in [1.165, 1.54) is 22.8 Å². The second-order valence-corrected chi connectivity index (χ2v) is 2.27. The lowest BCUT2D eigenvalue weighted by Gasteiger charge is -1.92. The molecule has 2 nitrogen and oxygen atoms in total. The summed E-state index contributed by atoms with van der Waals surface area (Å²) in [5.74, 6) is -1.12. The highest BCUT2D eigenvalue weighted by atomic mass is 32.1. The first-order chi connectivity index (χ1) is 4.30. The number of aromatic carboxylic acids is 1. The fourth-order valence-electron chi connectivity index (χ4n) is 0.456. The molecule has 0 bridgehead atoms. The molecule has 0 spiro atoms. The van der Waals surface area contributed by atoms with Crippen LogP contribution >= 0.6 is 11.3 Å². The van der Waals surface area contributed by atoms with Gasteiger partial charge in [0.1, 0.15) is 0 Å². The first-order valence-electron chi connectivity index (χ1n) is 2.37. The van der Waals surface area contributed by atoms with Gasteiger partial charge in [0, 0.05) is 0 Å². The third kappa shape index (κ3) is 1.47. The van der Waals surface area contributed by atoms with Crippen molar-refractivity contribution in [2.24, 2.45) is 0 Å². The zero-order valence-electron chi connectivity index (χ0n) is 4.53. The molecule has 0 radical (unpaired) electrons. The van der Waals surface area contributed by atoms with Gasteiger partial charge in [0.2, 0.25) is 16.7 Å². The molecule has 0 unspecified atom stereocenters. The molecule has 0 aliphatic heterocycles. The van der Waals surface area contributed by atoms with Crippen molar-refractivity contribution < 1.29 is 9.90 Å². The van der Waals surface area contributed by atoms with Crippen LogP contribution in [0.3, 0.4) is 0 Å². The van der Waals surface area contributed by atoms with Crippen molar-refractivity contribution in [1.29, 1.82) is 0 Å². The predicted octanol–water partition coefficient (Wildman–Crippen LogP) is 0.393. The van der Waals surface area contributed by atoms with Gasteiger partial charge >= 0.3 is 0 Å². The van der Waals surface area contributed by atoms with E-state index >= 15 is 0 Å². The number of carboxylic acid groups (broad SMARTS) is 1. The maximum Gasteiger partial charge on any atom is 0.212 e. The maximum atomic E-state index is 10.1. The molecular weight excluding hydrogens is 136 g/mol. The zero-order chi connectivity index (χ0) is 6.69. The molecule has 3 heteroatoms. The van der Waals surface area contributed by atoms with Gasteiger partial charge in [0.25, 0.3) is 0 Å². The van der Waals surface area contributed by atoms with E-state index < -0.39 is 5.97 Å². The van der Waals surface area contributed by atoms with Gasteiger partial charge in [-0.3, -0.25) is 0 Å². The molecule has 0 aliphatic carbocycles. The number of hydrogen-bond acceptors (Lipinski definition) is 2. The van der Waals surface area contributed by atoms with Crippen molar-refractivity contribution in [2.45, 2.75) is 0 Å². The van der Waals surface area contributed by atoms with E-state index in [2.05, 4.69) is 0 Å². The van der Waals surface area contributed by atoms with Gasteiger partial charge in [-0.15, -0.1) is 0 Å². The molecule has 0 saturated carbocycles. The van der Waals surface area contributed by atoms with E-state index in [0.29, 0.717) is 0 Å². The van der Waals surface area contributed by atoms with Crippen LogP contribution in [0.5, 0.6) is 0 Å². The van der Waals surface area contributed by atoms with Gasteiger partial charge in [-0.05, 0) is 12.1 Å². The van der Waals surface area contributed by atoms with Crippen LogP contribution in [-0.4, -0.2) is 5.97 Å². The summed E-state index contributed by atoms with van der Waals surface area (Å²) in [6.45, 7) is 0.